The van der Waals surface area contributed by atoms with Gasteiger partial charge in [0.25, 0.3) is 0 Å². The fourth-order valence-corrected chi connectivity index (χ4v) is 2.54. The van der Waals surface area contributed by atoms with Crippen LogP contribution in [-0.2, 0) is 13.0 Å². The maximum atomic E-state index is 6.07. The third-order valence-corrected chi connectivity index (χ3v) is 3.74. The Labute approximate surface area is 122 Å². The van der Waals surface area contributed by atoms with Crippen LogP contribution in [0.3, 0.4) is 0 Å². The van der Waals surface area contributed by atoms with Gasteiger partial charge >= 0.3 is 0 Å². The summed E-state index contributed by atoms with van der Waals surface area (Å²) in [4.78, 5) is 0. The summed E-state index contributed by atoms with van der Waals surface area (Å²) in [7, 11) is 0. The highest BCUT2D eigenvalue weighted by atomic mass is 16.3. The van der Waals surface area contributed by atoms with Crippen molar-refractivity contribution < 1.29 is 4.42 Å². The van der Waals surface area contributed by atoms with Gasteiger partial charge < -0.3 is 9.73 Å². The molecular weight excluding hydrogens is 246 g/mol. The minimum absolute atomic E-state index is 0.476. The van der Waals surface area contributed by atoms with Crippen LogP contribution in [0.4, 0.5) is 0 Å². The van der Waals surface area contributed by atoms with Gasteiger partial charge in [0, 0.05) is 17.0 Å². The zero-order valence-electron chi connectivity index (χ0n) is 13.4. The van der Waals surface area contributed by atoms with Crippen LogP contribution in [0.15, 0.2) is 22.6 Å². The molecule has 0 radical (unpaired) electrons. The van der Waals surface area contributed by atoms with Crippen molar-refractivity contribution in [2.24, 2.45) is 0 Å². The first-order valence-corrected chi connectivity index (χ1v) is 7.80. The molecule has 0 unspecified atom stereocenters. The minimum atomic E-state index is 0.476. The molecular formula is C18H27NO. The molecule has 0 bridgehead atoms. The maximum absolute atomic E-state index is 6.07. The molecule has 2 rings (SSSR count). The minimum Gasteiger partial charge on any atom is -0.459 e. The second-order valence-corrected chi connectivity index (χ2v) is 6.20. The first kappa shape index (κ1) is 15.1. The second kappa shape index (κ2) is 6.45. The number of fused-ring (bicyclic) bond motifs is 1. The highest BCUT2D eigenvalue weighted by Crippen LogP contribution is 2.30. The van der Waals surface area contributed by atoms with Gasteiger partial charge in [0.05, 0.1) is 6.54 Å². The van der Waals surface area contributed by atoms with Gasteiger partial charge in [-0.15, -0.1) is 0 Å². The molecule has 0 aliphatic carbocycles. The monoisotopic (exact) mass is 273 g/mol. The Morgan fingerprint density at radius 2 is 1.90 bits per heavy atom. The third kappa shape index (κ3) is 3.24. The highest BCUT2D eigenvalue weighted by molar-refractivity contribution is 5.83. The van der Waals surface area contributed by atoms with Gasteiger partial charge in [-0.1, -0.05) is 47.1 Å². The van der Waals surface area contributed by atoms with E-state index in [4.69, 9.17) is 4.42 Å². The Hall–Kier alpha value is -1.28. The summed E-state index contributed by atoms with van der Waals surface area (Å²) in [6, 6.07) is 7.10. The molecule has 0 saturated carbocycles. The predicted molar refractivity (Wildman–Crippen MR) is 86.3 cm³/mol. The number of rotatable bonds is 6. The standard InChI is InChI=1S/C18H27NO/c1-6-7-15-16-10-14(12(2)3)8-9-17(16)20-18(15)11-19-13(4)5/h8-10,12-13,19H,6-7,11H2,1-5H3. The smallest absolute Gasteiger partial charge is 0.134 e. The summed E-state index contributed by atoms with van der Waals surface area (Å²) < 4.78 is 6.07. The molecule has 1 heterocycles. The molecule has 1 N–H and O–H groups in total. The van der Waals surface area contributed by atoms with Crippen molar-refractivity contribution in [3.05, 3.63) is 35.1 Å². The van der Waals surface area contributed by atoms with Crippen LogP contribution in [0, 0.1) is 0 Å². The molecule has 0 spiro atoms. The van der Waals surface area contributed by atoms with E-state index >= 15 is 0 Å². The number of aryl methyl sites for hydroxylation is 1. The molecule has 0 atom stereocenters. The zero-order chi connectivity index (χ0) is 14.7. The Bertz CT molecular complexity index is 566. The molecule has 1 aromatic heterocycles. The number of benzene rings is 1. The van der Waals surface area contributed by atoms with Crippen molar-refractivity contribution in [3.8, 4) is 0 Å². The van der Waals surface area contributed by atoms with Crippen LogP contribution < -0.4 is 5.32 Å². The van der Waals surface area contributed by atoms with Crippen molar-refractivity contribution in [1.82, 2.24) is 5.32 Å². The topological polar surface area (TPSA) is 25.2 Å². The Morgan fingerprint density at radius 3 is 2.50 bits per heavy atom. The SMILES string of the molecule is CCCc1c(CNC(C)C)oc2ccc(C(C)C)cc12. The molecule has 0 saturated heterocycles. The molecule has 2 nitrogen and oxygen atoms in total. The van der Waals surface area contributed by atoms with E-state index in [0.29, 0.717) is 12.0 Å². The van der Waals surface area contributed by atoms with E-state index in [1.54, 1.807) is 0 Å². The first-order chi connectivity index (χ1) is 9.52. The van der Waals surface area contributed by atoms with Crippen LogP contribution in [0.25, 0.3) is 11.0 Å². The molecule has 20 heavy (non-hydrogen) atoms. The van der Waals surface area contributed by atoms with Crippen molar-refractivity contribution in [2.75, 3.05) is 0 Å². The highest BCUT2D eigenvalue weighted by Gasteiger charge is 2.14. The van der Waals surface area contributed by atoms with Crippen LogP contribution in [0.1, 0.15) is 63.8 Å². The Kier molecular flexibility index (Phi) is 4.87. The average Bonchev–Trinajstić information content (AvgIpc) is 2.74. The summed E-state index contributed by atoms with van der Waals surface area (Å²) in [5.41, 5.74) is 3.80. The fourth-order valence-electron chi connectivity index (χ4n) is 2.54. The summed E-state index contributed by atoms with van der Waals surface area (Å²) in [6.07, 6.45) is 2.23. The molecule has 0 fully saturated rings. The van der Waals surface area contributed by atoms with Gasteiger partial charge in [-0.3, -0.25) is 0 Å². The molecule has 110 valence electrons. The van der Waals surface area contributed by atoms with E-state index in [-0.39, 0.29) is 0 Å². The second-order valence-electron chi connectivity index (χ2n) is 6.20. The van der Waals surface area contributed by atoms with E-state index < -0.39 is 0 Å². The van der Waals surface area contributed by atoms with Crippen molar-refractivity contribution in [3.63, 3.8) is 0 Å². The van der Waals surface area contributed by atoms with E-state index in [9.17, 15) is 0 Å². The number of hydrogen-bond acceptors (Lipinski definition) is 2. The maximum Gasteiger partial charge on any atom is 0.134 e. The summed E-state index contributed by atoms with van der Waals surface area (Å²) in [5.74, 6) is 1.66. The quantitative estimate of drug-likeness (QED) is 0.800. The van der Waals surface area contributed by atoms with Crippen LogP contribution in [-0.4, -0.2) is 6.04 Å². The molecule has 0 aliphatic rings. The first-order valence-electron chi connectivity index (χ1n) is 7.80. The predicted octanol–water partition coefficient (Wildman–Crippen LogP) is 5.01. The van der Waals surface area contributed by atoms with E-state index in [2.05, 4.69) is 58.1 Å². The number of nitrogens with one attached hydrogen (secondary N) is 1. The summed E-state index contributed by atoms with van der Waals surface area (Å²) >= 11 is 0. The lowest BCUT2D eigenvalue weighted by molar-refractivity contribution is 0.483. The lowest BCUT2D eigenvalue weighted by Gasteiger charge is -2.07. The summed E-state index contributed by atoms with van der Waals surface area (Å²) in [6.45, 7) is 11.9. The fraction of sp³-hybridized carbons (Fsp3) is 0.556. The van der Waals surface area contributed by atoms with Gasteiger partial charge in [0.2, 0.25) is 0 Å². The van der Waals surface area contributed by atoms with Crippen molar-refractivity contribution in [2.45, 2.75) is 66.0 Å². The Morgan fingerprint density at radius 1 is 1.15 bits per heavy atom. The molecule has 2 aromatic rings. The lowest BCUT2D eigenvalue weighted by atomic mass is 9.98. The van der Waals surface area contributed by atoms with Crippen molar-refractivity contribution >= 4 is 11.0 Å². The van der Waals surface area contributed by atoms with Crippen LogP contribution in [0.5, 0.6) is 0 Å². The van der Waals surface area contributed by atoms with Gasteiger partial charge in [0.15, 0.2) is 0 Å². The summed E-state index contributed by atoms with van der Waals surface area (Å²) in [5, 5.41) is 4.77. The van der Waals surface area contributed by atoms with E-state index in [1.165, 1.54) is 16.5 Å². The zero-order valence-corrected chi connectivity index (χ0v) is 13.4. The molecule has 2 heteroatoms. The van der Waals surface area contributed by atoms with Crippen molar-refractivity contribution in [1.29, 1.82) is 0 Å². The van der Waals surface area contributed by atoms with E-state index in [1.807, 2.05) is 0 Å². The largest absolute Gasteiger partial charge is 0.459 e. The third-order valence-electron chi connectivity index (χ3n) is 3.74. The van der Waals surface area contributed by atoms with Gasteiger partial charge in [0.1, 0.15) is 11.3 Å². The van der Waals surface area contributed by atoms with Gasteiger partial charge in [-0.2, -0.15) is 0 Å². The van der Waals surface area contributed by atoms with E-state index in [0.717, 1.165) is 30.7 Å². The number of furan rings is 1. The normalized spacial score (nSPS) is 11.9. The van der Waals surface area contributed by atoms with Crippen LogP contribution in [0.2, 0.25) is 0 Å². The van der Waals surface area contributed by atoms with Gasteiger partial charge in [-0.25, -0.2) is 0 Å². The average molecular weight is 273 g/mol. The molecule has 0 amide bonds. The van der Waals surface area contributed by atoms with Gasteiger partial charge in [-0.05, 0) is 30.0 Å². The Balaban J connectivity index is 2.44. The van der Waals surface area contributed by atoms with Crippen LogP contribution >= 0.6 is 0 Å². The number of hydrogen-bond donors (Lipinski definition) is 1. The molecule has 1 aromatic carbocycles. The molecule has 0 aliphatic heterocycles. The lowest BCUT2D eigenvalue weighted by Crippen LogP contribution is -2.22.